The van der Waals surface area contributed by atoms with Crippen LogP contribution in [0.25, 0.3) is 5.20 Å². The van der Waals surface area contributed by atoms with Gasteiger partial charge in [0.1, 0.15) is 0 Å². The Hall–Kier alpha value is -0.726. The number of rotatable bonds is 6. The van der Waals surface area contributed by atoms with E-state index in [0.29, 0.717) is 0 Å². The van der Waals surface area contributed by atoms with E-state index in [0.717, 1.165) is 10.8 Å². The largest absolute Gasteiger partial charge is 0.536 e. The molecule has 0 saturated carbocycles. The summed E-state index contributed by atoms with van der Waals surface area (Å²) in [6.45, 7) is 8.71. The van der Waals surface area contributed by atoms with Crippen LogP contribution in [0.2, 0.25) is 13.1 Å². The van der Waals surface area contributed by atoms with Gasteiger partial charge in [-0.15, -0.1) is 0 Å². The zero-order valence-electron chi connectivity index (χ0n) is 11.8. The van der Waals surface area contributed by atoms with E-state index >= 15 is 0 Å². The maximum atomic E-state index is 5.49. The summed E-state index contributed by atoms with van der Waals surface area (Å²) in [7, 11) is 1.24. The van der Waals surface area contributed by atoms with Crippen molar-refractivity contribution in [3.05, 3.63) is 36.4 Å². The molecular formula is C13H22O3Si2. The summed E-state index contributed by atoms with van der Waals surface area (Å²) >= 11 is 0. The summed E-state index contributed by atoms with van der Waals surface area (Å²) in [6, 6.07) is 8.16. The lowest BCUT2D eigenvalue weighted by atomic mass is 10.2. The highest BCUT2D eigenvalue weighted by Crippen LogP contribution is 2.16. The van der Waals surface area contributed by atoms with Crippen LogP contribution in [0.3, 0.4) is 0 Å². The molecule has 0 aliphatic carbocycles. The number of hydrogen-bond donors (Lipinski definition) is 0. The quantitative estimate of drug-likeness (QED) is 0.745. The van der Waals surface area contributed by atoms with Crippen molar-refractivity contribution in [2.75, 3.05) is 21.3 Å². The summed E-state index contributed by atoms with van der Waals surface area (Å²) in [5, 5.41) is 2.21. The Labute approximate surface area is 112 Å². The standard InChI is InChI=1S/C13H22O3Si2/c1-11(17(5)6)12-8-7-9-13(10-12)18(14-2,15-3)16-4/h7-10,17H,1H2,2-6H3. The van der Waals surface area contributed by atoms with Gasteiger partial charge in [-0.2, -0.15) is 0 Å². The van der Waals surface area contributed by atoms with Crippen LogP contribution in [0.15, 0.2) is 30.8 Å². The van der Waals surface area contributed by atoms with Crippen LogP contribution in [0.5, 0.6) is 0 Å². The monoisotopic (exact) mass is 282 g/mol. The minimum Gasteiger partial charge on any atom is -0.373 e. The average Bonchev–Trinajstić information content (AvgIpc) is 2.41. The van der Waals surface area contributed by atoms with E-state index in [2.05, 4.69) is 31.8 Å². The van der Waals surface area contributed by atoms with Gasteiger partial charge in [-0.1, -0.05) is 43.1 Å². The van der Waals surface area contributed by atoms with E-state index in [1.165, 1.54) is 5.20 Å². The van der Waals surface area contributed by atoms with Gasteiger partial charge in [-0.3, -0.25) is 0 Å². The summed E-state index contributed by atoms with van der Waals surface area (Å²) < 4.78 is 16.5. The molecule has 0 fully saturated rings. The molecule has 0 aromatic heterocycles. The third-order valence-electron chi connectivity index (χ3n) is 3.09. The van der Waals surface area contributed by atoms with Gasteiger partial charge in [-0.25, -0.2) is 0 Å². The molecule has 3 nitrogen and oxygen atoms in total. The zero-order chi connectivity index (χ0) is 13.8. The Kier molecular flexibility index (Phi) is 5.49. The summed E-state index contributed by atoms with van der Waals surface area (Å²) in [4.78, 5) is 0. The molecule has 1 aromatic carbocycles. The highest BCUT2D eigenvalue weighted by Gasteiger charge is 2.40. The lowest BCUT2D eigenvalue weighted by molar-refractivity contribution is 0.140. The summed E-state index contributed by atoms with van der Waals surface area (Å²) in [6.07, 6.45) is 0. The van der Waals surface area contributed by atoms with Gasteiger partial charge in [-0.05, 0) is 11.6 Å². The SMILES string of the molecule is C=C(c1cccc([Si](OC)(OC)OC)c1)[SiH](C)C. The zero-order valence-corrected chi connectivity index (χ0v) is 14.0. The molecule has 0 saturated heterocycles. The van der Waals surface area contributed by atoms with E-state index < -0.39 is 17.6 Å². The molecule has 1 aromatic rings. The maximum Gasteiger partial charge on any atom is 0.536 e. The Bertz CT molecular complexity index is 406. The van der Waals surface area contributed by atoms with Gasteiger partial charge < -0.3 is 13.3 Å². The second kappa shape index (κ2) is 6.44. The van der Waals surface area contributed by atoms with Crippen LogP contribution in [-0.2, 0) is 13.3 Å². The molecule has 0 N–H and O–H groups in total. The molecule has 0 unspecified atom stereocenters. The third kappa shape index (κ3) is 2.99. The molecule has 5 heteroatoms. The smallest absolute Gasteiger partial charge is 0.373 e. The van der Waals surface area contributed by atoms with Gasteiger partial charge in [0.25, 0.3) is 0 Å². The highest BCUT2D eigenvalue weighted by molar-refractivity contribution is 6.77. The summed E-state index contributed by atoms with van der Waals surface area (Å²) in [5.41, 5.74) is 1.16. The Morgan fingerprint density at radius 1 is 1.11 bits per heavy atom. The van der Waals surface area contributed by atoms with Crippen molar-refractivity contribution in [1.29, 1.82) is 0 Å². The number of benzene rings is 1. The molecule has 0 atom stereocenters. The van der Waals surface area contributed by atoms with Gasteiger partial charge in [0, 0.05) is 26.5 Å². The van der Waals surface area contributed by atoms with Crippen LogP contribution in [0.1, 0.15) is 5.56 Å². The number of hydrogen-bond acceptors (Lipinski definition) is 3. The molecule has 0 bridgehead atoms. The van der Waals surface area contributed by atoms with Crippen molar-refractivity contribution in [2.24, 2.45) is 0 Å². The van der Waals surface area contributed by atoms with Crippen LogP contribution in [0.4, 0.5) is 0 Å². The first-order valence-corrected chi connectivity index (χ1v) is 10.6. The van der Waals surface area contributed by atoms with Crippen molar-refractivity contribution < 1.29 is 13.3 Å². The van der Waals surface area contributed by atoms with E-state index in [1.54, 1.807) is 21.3 Å². The lowest BCUT2D eigenvalue weighted by Crippen LogP contribution is -2.54. The molecule has 18 heavy (non-hydrogen) atoms. The first kappa shape index (κ1) is 15.3. The normalized spacial score (nSPS) is 11.9. The van der Waals surface area contributed by atoms with E-state index in [9.17, 15) is 0 Å². The fourth-order valence-corrected chi connectivity index (χ4v) is 4.53. The minimum atomic E-state index is -2.73. The summed E-state index contributed by atoms with van der Waals surface area (Å²) in [5.74, 6) is 0. The molecule has 1 rings (SSSR count). The maximum absolute atomic E-state index is 5.49. The van der Waals surface area contributed by atoms with E-state index in [-0.39, 0.29) is 0 Å². The predicted molar refractivity (Wildman–Crippen MR) is 80.8 cm³/mol. The van der Waals surface area contributed by atoms with Gasteiger partial charge >= 0.3 is 8.80 Å². The minimum absolute atomic E-state index is 0.894. The van der Waals surface area contributed by atoms with Crippen molar-refractivity contribution in [3.63, 3.8) is 0 Å². The van der Waals surface area contributed by atoms with E-state index in [4.69, 9.17) is 13.3 Å². The van der Waals surface area contributed by atoms with Crippen molar-refractivity contribution in [3.8, 4) is 0 Å². The molecule has 0 spiro atoms. The molecule has 0 amide bonds. The van der Waals surface area contributed by atoms with Crippen LogP contribution >= 0.6 is 0 Å². The van der Waals surface area contributed by atoms with Crippen LogP contribution in [0, 0.1) is 0 Å². The molecular weight excluding hydrogens is 260 g/mol. The first-order chi connectivity index (χ1) is 8.50. The fourth-order valence-electron chi connectivity index (χ4n) is 1.85. The van der Waals surface area contributed by atoms with Crippen molar-refractivity contribution in [2.45, 2.75) is 13.1 Å². The van der Waals surface area contributed by atoms with Crippen molar-refractivity contribution in [1.82, 2.24) is 0 Å². The fraction of sp³-hybridized carbons (Fsp3) is 0.385. The Morgan fingerprint density at radius 3 is 2.11 bits per heavy atom. The first-order valence-electron chi connectivity index (χ1n) is 5.96. The third-order valence-corrected chi connectivity index (χ3v) is 7.45. The Morgan fingerprint density at radius 2 is 1.67 bits per heavy atom. The molecule has 0 aliphatic heterocycles. The van der Waals surface area contributed by atoms with Crippen molar-refractivity contribution >= 4 is 28.0 Å². The molecule has 0 heterocycles. The Balaban J connectivity index is 3.19. The highest BCUT2D eigenvalue weighted by atomic mass is 28.4. The molecule has 0 radical (unpaired) electrons. The topological polar surface area (TPSA) is 27.7 Å². The molecule has 0 aliphatic rings. The second-order valence-electron chi connectivity index (χ2n) is 4.43. The predicted octanol–water partition coefficient (Wildman–Crippen LogP) is 1.81. The molecule has 100 valence electrons. The average molecular weight is 282 g/mol. The van der Waals surface area contributed by atoms with Gasteiger partial charge in [0.05, 0.1) is 8.80 Å². The lowest BCUT2D eigenvalue weighted by Gasteiger charge is -2.25. The van der Waals surface area contributed by atoms with Gasteiger partial charge in [0.2, 0.25) is 0 Å². The second-order valence-corrected chi connectivity index (χ2v) is 10.4. The van der Waals surface area contributed by atoms with E-state index in [1.807, 2.05) is 12.1 Å². The van der Waals surface area contributed by atoms with Crippen LogP contribution in [-0.4, -0.2) is 38.9 Å². The van der Waals surface area contributed by atoms with Crippen LogP contribution < -0.4 is 5.19 Å². The van der Waals surface area contributed by atoms with Gasteiger partial charge in [0.15, 0.2) is 0 Å².